The summed E-state index contributed by atoms with van der Waals surface area (Å²) in [7, 11) is 0. The molecule has 2 N–H and O–H groups in total. The molecule has 0 spiro atoms. The van der Waals surface area contributed by atoms with Gasteiger partial charge in [0.2, 0.25) is 6.79 Å². The van der Waals surface area contributed by atoms with Gasteiger partial charge in [-0.15, -0.1) is 0 Å². The molecule has 0 aromatic heterocycles. The van der Waals surface area contributed by atoms with Gasteiger partial charge in [0, 0.05) is 6.54 Å². The van der Waals surface area contributed by atoms with Crippen LogP contribution in [-0.4, -0.2) is 24.5 Å². The third kappa shape index (κ3) is 2.60. The first-order valence-corrected chi connectivity index (χ1v) is 6.58. The highest BCUT2D eigenvalue weighted by Crippen LogP contribution is 2.32. The Hall–Kier alpha value is -1.26. The molecular formula is C14H19NO3. The van der Waals surface area contributed by atoms with Gasteiger partial charge in [-0.25, -0.2) is 0 Å². The van der Waals surface area contributed by atoms with Gasteiger partial charge >= 0.3 is 0 Å². The lowest BCUT2D eigenvalue weighted by molar-refractivity contribution is 0.174. The lowest BCUT2D eigenvalue weighted by Crippen LogP contribution is -2.21. The van der Waals surface area contributed by atoms with Crippen LogP contribution in [0.5, 0.6) is 11.5 Å². The molecule has 0 amide bonds. The maximum atomic E-state index is 9.46. The van der Waals surface area contributed by atoms with Crippen molar-refractivity contribution in [3.8, 4) is 11.5 Å². The number of hydrogen-bond acceptors (Lipinski definition) is 4. The molecule has 0 saturated heterocycles. The lowest BCUT2D eigenvalue weighted by atomic mass is 10.1. The first-order valence-electron chi connectivity index (χ1n) is 6.58. The Kier molecular flexibility index (Phi) is 3.39. The van der Waals surface area contributed by atoms with Gasteiger partial charge < -0.3 is 19.9 Å². The van der Waals surface area contributed by atoms with Crippen LogP contribution in [0.25, 0.3) is 0 Å². The van der Waals surface area contributed by atoms with Gasteiger partial charge in [-0.2, -0.15) is 0 Å². The number of ether oxygens (including phenoxy) is 2. The first-order chi connectivity index (χ1) is 8.81. The van der Waals surface area contributed by atoms with Gasteiger partial charge in [0.25, 0.3) is 0 Å². The highest BCUT2D eigenvalue weighted by Gasteiger charge is 2.22. The van der Waals surface area contributed by atoms with E-state index >= 15 is 0 Å². The zero-order chi connectivity index (χ0) is 12.4. The Bertz CT molecular complexity index is 422. The summed E-state index contributed by atoms with van der Waals surface area (Å²) < 4.78 is 10.6. The van der Waals surface area contributed by atoms with Crippen LogP contribution in [0.2, 0.25) is 0 Å². The van der Waals surface area contributed by atoms with E-state index in [9.17, 15) is 5.11 Å². The lowest BCUT2D eigenvalue weighted by Gasteiger charge is -2.11. The molecule has 2 aliphatic rings. The van der Waals surface area contributed by atoms with Crippen molar-refractivity contribution in [3.63, 3.8) is 0 Å². The summed E-state index contributed by atoms with van der Waals surface area (Å²) in [5.41, 5.74) is 1.21. The fourth-order valence-corrected chi connectivity index (χ4v) is 2.71. The second-order valence-electron chi connectivity index (χ2n) is 5.15. The van der Waals surface area contributed by atoms with E-state index in [2.05, 4.69) is 11.4 Å². The Labute approximate surface area is 107 Å². The molecule has 1 aromatic rings. The van der Waals surface area contributed by atoms with Gasteiger partial charge in [-0.1, -0.05) is 6.07 Å². The van der Waals surface area contributed by atoms with Gasteiger partial charge in [0.15, 0.2) is 11.5 Å². The fourth-order valence-electron chi connectivity index (χ4n) is 2.71. The number of aliphatic hydroxyl groups excluding tert-OH is 1. The normalized spacial score (nSPS) is 25.6. The van der Waals surface area contributed by atoms with Crippen LogP contribution in [0.1, 0.15) is 24.8 Å². The molecule has 18 heavy (non-hydrogen) atoms. The van der Waals surface area contributed by atoms with Crippen molar-refractivity contribution >= 4 is 0 Å². The molecule has 1 aromatic carbocycles. The minimum atomic E-state index is -0.0812. The van der Waals surface area contributed by atoms with E-state index in [0.29, 0.717) is 12.7 Å². The van der Waals surface area contributed by atoms with Crippen LogP contribution >= 0.6 is 0 Å². The Morgan fingerprint density at radius 1 is 1.22 bits per heavy atom. The summed E-state index contributed by atoms with van der Waals surface area (Å²) >= 11 is 0. The van der Waals surface area contributed by atoms with Gasteiger partial charge in [0.05, 0.1) is 6.10 Å². The molecule has 1 aliphatic heterocycles. The van der Waals surface area contributed by atoms with Crippen LogP contribution in [0.15, 0.2) is 18.2 Å². The van der Waals surface area contributed by atoms with Crippen molar-refractivity contribution in [1.29, 1.82) is 0 Å². The molecule has 4 nitrogen and oxygen atoms in total. The number of hydrogen-bond donors (Lipinski definition) is 2. The fraction of sp³-hybridized carbons (Fsp3) is 0.571. The number of nitrogens with one attached hydrogen (secondary N) is 1. The molecule has 98 valence electrons. The zero-order valence-corrected chi connectivity index (χ0v) is 10.4. The quantitative estimate of drug-likeness (QED) is 0.852. The van der Waals surface area contributed by atoms with Gasteiger partial charge in [0.1, 0.15) is 0 Å². The predicted octanol–water partition coefficient (Wildman–Crippen LogP) is 1.67. The molecule has 0 radical (unpaired) electrons. The molecule has 4 heteroatoms. The van der Waals surface area contributed by atoms with E-state index in [-0.39, 0.29) is 6.10 Å². The van der Waals surface area contributed by atoms with Crippen LogP contribution in [-0.2, 0) is 6.54 Å². The SMILES string of the molecule is OC1CCC(CNCc2ccc3c(c2)OCO3)C1. The second kappa shape index (κ2) is 5.16. The largest absolute Gasteiger partial charge is 0.454 e. The Morgan fingerprint density at radius 2 is 2.11 bits per heavy atom. The van der Waals surface area contributed by atoms with E-state index < -0.39 is 0 Å². The van der Waals surface area contributed by atoms with Crippen molar-refractivity contribution in [2.45, 2.75) is 31.9 Å². The first kappa shape index (κ1) is 11.8. The zero-order valence-electron chi connectivity index (χ0n) is 10.4. The molecule has 2 atom stereocenters. The summed E-state index contributed by atoms with van der Waals surface area (Å²) in [6, 6.07) is 6.04. The highest BCUT2D eigenvalue weighted by atomic mass is 16.7. The van der Waals surface area contributed by atoms with Crippen LogP contribution in [0, 0.1) is 5.92 Å². The Morgan fingerprint density at radius 3 is 2.94 bits per heavy atom. The predicted molar refractivity (Wildman–Crippen MR) is 67.6 cm³/mol. The van der Waals surface area contributed by atoms with E-state index in [1.165, 1.54) is 5.56 Å². The molecule has 1 heterocycles. The molecule has 3 rings (SSSR count). The number of benzene rings is 1. The molecular weight excluding hydrogens is 230 g/mol. The summed E-state index contributed by atoms with van der Waals surface area (Å²) in [5, 5.41) is 12.9. The maximum Gasteiger partial charge on any atom is 0.231 e. The summed E-state index contributed by atoms with van der Waals surface area (Å²) in [5.74, 6) is 2.29. The third-order valence-corrected chi connectivity index (χ3v) is 3.71. The van der Waals surface area contributed by atoms with Gasteiger partial charge in [-0.3, -0.25) is 0 Å². The molecule has 0 bridgehead atoms. The topological polar surface area (TPSA) is 50.7 Å². The van der Waals surface area contributed by atoms with Crippen molar-refractivity contribution in [1.82, 2.24) is 5.32 Å². The van der Waals surface area contributed by atoms with E-state index in [4.69, 9.17) is 9.47 Å². The summed E-state index contributed by atoms with van der Waals surface area (Å²) in [6.45, 7) is 2.14. The summed E-state index contributed by atoms with van der Waals surface area (Å²) in [6.07, 6.45) is 2.95. The maximum absolute atomic E-state index is 9.46. The van der Waals surface area contributed by atoms with Crippen LogP contribution in [0.4, 0.5) is 0 Å². The standard InChI is InChI=1S/C14H19NO3/c16-12-3-1-10(5-12)7-15-8-11-2-4-13-14(6-11)18-9-17-13/h2,4,6,10,12,15-16H,1,3,5,7-9H2. The second-order valence-corrected chi connectivity index (χ2v) is 5.15. The molecule has 1 fully saturated rings. The van der Waals surface area contributed by atoms with Crippen LogP contribution in [0.3, 0.4) is 0 Å². The number of fused-ring (bicyclic) bond motifs is 1. The molecule has 1 saturated carbocycles. The summed E-state index contributed by atoms with van der Waals surface area (Å²) in [4.78, 5) is 0. The van der Waals surface area contributed by atoms with Crippen molar-refractivity contribution in [3.05, 3.63) is 23.8 Å². The minimum absolute atomic E-state index is 0.0812. The smallest absolute Gasteiger partial charge is 0.231 e. The van der Waals surface area contributed by atoms with Crippen molar-refractivity contribution < 1.29 is 14.6 Å². The average Bonchev–Trinajstić information content (AvgIpc) is 2.97. The number of rotatable bonds is 4. The van der Waals surface area contributed by atoms with Crippen molar-refractivity contribution in [2.24, 2.45) is 5.92 Å². The Balaban J connectivity index is 1.48. The van der Waals surface area contributed by atoms with Crippen molar-refractivity contribution in [2.75, 3.05) is 13.3 Å². The molecule has 1 aliphatic carbocycles. The molecule has 2 unspecified atom stereocenters. The average molecular weight is 249 g/mol. The van der Waals surface area contributed by atoms with E-state index in [0.717, 1.165) is 43.9 Å². The highest BCUT2D eigenvalue weighted by molar-refractivity contribution is 5.44. The van der Waals surface area contributed by atoms with E-state index in [1.807, 2.05) is 12.1 Å². The van der Waals surface area contributed by atoms with Gasteiger partial charge in [-0.05, 0) is 49.4 Å². The monoisotopic (exact) mass is 249 g/mol. The third-order valence-electron chi connectivity index (χ3n) is 3.71. The number of aliphatic hydroxyl groups is 1. The van der Waals surface area contributed by atoms with Crippen LogP contribution < -0.4 is 14.8 Å². The minimum Gasteiger partial charge on any atom is -0.454 e. The van der Waals surface area contributed by atoms with E-state index in [1.54, 1.807) is 0 Å².